The molecule has 0 amide bonds. The van der Waals surface area contributed by atoms with Crippen LogP contribution in [0.25, 0.3) is 0 Å². The topological polar surface area (TPSA) is 82.0 Å². The van der Waals surface area contributed by atoms with Gasteiger partial charge in [-0.15, -0.1) is 0 Å². The maximum absolute atomic E-state index is 13.9. The van der Waals surface area contributed by atoms with E-state index in [0.717, 1.165) is 39.3 Å². The van der Waals surface area contributed by atoms with Crippen LogP contribution in [0.1, 0.15) is 19.3 Å². The zero-order valence-electron chi connectivity index (χ0n) is 16.0. The molecule has 0 radical (unpaired) electrons. The summed E-state index contributed by atoms with van der Waals surface area (Å²) in [5, 5.41) is 9.13. The van der Waals surface area contributed by atoms with Gasteiger partial charge in [-0.05, 0) is 18.8 Å². The summed E-state index contributed by atoms with van der Waals surface area (Å²) in [6.07, 6.45) is 2.86. The van der Waals surface area contributed by atoms with Crippen molar-refractivity contribution in [3.63, 3.8) is 0 Å². The van der Waals surface area contributed by atoms with Crippen LogP contribution in [0.3, 0.4) is 0 Å². The molecule has 0 spiro atoms. The first-order chi connectivity index (χ1) is 13.0. The molecule has 0 unspecified atom stereocenters. The predicted molar refractivity (Wildman–Crippen MR) is 99.7 cm³/mol. The Morgan fingerprint density at radius 2 is 2.11 bits per heavy atom. The van der Waals surface area contributed by atoms with Gasteiger partial charge in [-0.1, -0.05) is 0 Å². The Labute approximate surface area is 158 Å². The third-order valence-corrected chi connectivity index (χ3v) is 5.36. The molecule has 0 saturated carbocycles. The number of hydrogen-bond acceptors (Lipinski definition) is 7. The van der Waals surface area contributed by atoms with E-state index in [9.17, 15) is 9.18 Å². The van der Waals surface area contributed by atoms with Crippen molar-refractivity contribution in [1.29, 1.82) is 0 Å². The number of anilines is 2. The van der Waals surface area contributed by atoms with Crippen LogP contribution in [-0.2, 0) is 9.53 Å². The van der Waals surface area contributed by atoms with Gasteiger partial charge in [0.15, 0.2) is 11.6 Å². The molecule has 1 aromatic rings. The quantitative estimate of drug-likeness (QED) is 0.784. The lowest BCUT2D eigenvalue weighted by molar-refractivity contribution is -0.137. The third-order valence-electron chi connectivity index (χ3n) is 5.36. The van der Waals surface area contributed by atoms with Crippen molar-refractivity contribution in [1.82, 2.24) is 14.9 Å². The van der Waals surface area contributed by atoms with Crippen LogP contribution >= 0.6 is 0 Å². The number of piperidine rings is 1. The van der Waals surface area contributed by atoms with E-state index in [2.05, 4.69) is 19.8 Å². The number of ether oxygens (including phenoxy) is 1. The van der Waals surface area contributed by atoms with Crippen LogP contribution in [0.5, 0.6) is 0 Å². The van der Waals surface area contributed by atoms with Crippen molar-refractivity contribution >= 4 is 17.7 Å². The number of hydrogen-bond donors (Lipinski definition) is 1. The van der Waals surface area contributed by atoms with Gasteiger partial charge < -0.3 is 19.6 Å². The fourth-order valence-electron chi connectivity index (χ4n) is 4.00. The number of carboxylic acid groups (broad SMARTS) is 1. The summed E-state index contributed by atoms with van der Waals surface area (Å²) in [6, 6.07) is 0.332. The number of nitrogens with zero attached hydrogens (tertiary/aromatic N) is 5. The standard InChI is InChI=1S/C18H28FN5O3/c1-22(2)17-14(19)11-20-18(21-17)24-6-5-15(23-7-9-27-10-8-23)13(12-24)3-4-16(25)26/h11,13,15H,3-10,12H2,1-2H3,(H,25,26)/t13-,15+/m1/s1. The summed E-state index contributed by atoms with van der Waals surface area (Å²) in [5.41, 5.74) is 0. The average molecular weight is 381 g/mol. The van der Waals surface area contributed by atoms with Crippen molar-refractivity contribution in [3.8, 4) is 0 Å². The Morgan fingerprint density at radius 3 is 2.78 bits per heavy atom. The predicted octanol–water partition coefficient (Wildman–Crippen LogP) is 1.07. The zero-order chi connectivity index (χ0) is 19.4. The maximum Gasteiger partial charge on any atom is 0.303 e. The van der Waals surface area contributed by atoms with E-state index >= 15 is 0 Å². The van der Waals surface area contributed by atoms with E-state index in [1.165, 1.54) is 6.20 Å². The highest BCUT2D eigenvalue weighted by Crippen LogP contribution is 2.29. The van der Waals surface area contributed by atoms with E-state index < -0.39 is 11.8 Å². The normalized spacial score (nSPS) is 24.0. The van der Waals surface area contributed by atoms with Crippen LogP contribution in [0.4, 0.5) is 16.2 Å². The van der Waals surface area contributed by atoms with Crippen LogP contribution < -0.4 is 9.80 Å². The minimum Gasteiger partial charge on any atom is -0.481 e. The lowest BCUT2D eigenvalue weighted by Crippen LogP contribution is -2.54. The molecular weight excluding hydrogens is 353 g/mol. The monoisotopic (exact) mass is 381 g/mol. The summed E-state index contributed by atoms with van der Waals surface area (Å²) < 4.78 is 19.4. The molecule has 0 aromatic carbocycles. The number of carbonyl (C=O) groups is 1. The summed E-state index contributed by atoms with van der Waals surface area (Å²) >= 11 is 0. The first-order valence-electron chi connectivity index (χ1n) is 9.44. The number of morpholine rings is 1. The van der Waals surface area contributed by atoms with Crippen molar-refractivity contribution in [3.05, 3.63) is 12.0 Å². The maximum atomic E-state index is 13.9. The fourth-order valence-corrected chi connectivity index (χ4v) is 4.00. The summed E-state index contributed by atoms with van der Waals surface area (Å²) in [4.78, 5) is 25.8. The van der Waals surface area contributed by atoms with Gasteiger partial charge in [0.2, 0.25) is 5.95 Å². The second-order valence-corrected chi connectivity index (χ2v) is 7.38. The van der Waals surface area contributed by atoms with Crippen LogP contribution in [0.15, 0.2) is 6.20 Å². The third kappa shape index (κ3) is 4.84. The minimum absolute atomic E-state index is 0.145. The molecule has 0 bridgehead atoms. The van der Waals surface area contributed by atoms with E-state index in [1.807, 2.05) is 0 Å². The van der Waals surface area contributed by atoms with Gasteiger partial charge >= 0.3 is 5.97 Å². The Bertz CT molecular complexity index is 654. The number of aromatic nitrogens is 2. The second kappa shape index (κ2) is 8.79. The summed E-state index contributed by atoms with van der Waals surface area (Å²) in [7, 11) is 3.49. The largest absolute Gasteiger partial charge is 0.481 e. The Balaban J connectivity index is 1.75. The summed E-state index contributed by atoms with van der Waals surface area (Å²) in [5.74, 6) is -0.266. The SMILES string of the molecule is CN(C)c1nc(N2CC[C@H](N3CCOCC3)[C@H](CCC(=O)O)C2)ncc1F. The van der Waals surface area contributed by atoms with Gasteiger partial charge in [0.25, 0.3) is 0 Å². The fraction of sp³-hybridized carbons (Fsp3) is 0.722. The molecule has 150 valence electrons. The first kappa shape index (κ1) is 19.8. The van der Waals surface area contributed by atoms with Gasteiger partial charge in [0.05, 0.1) is 19.4 Å². The molecule has 3 heterocycles. The smallest absolute Gasteiger partial charge is 0.303 e. The molecule has 2 aliphatic rings. The number of carboxylic acids is 1. The van der Waals surface area contributed by atoms with Crippen LogP contribution in [0.2, 0.25) is 0 Å². The molecule has 1 N–H and O–H groups in total. The number of halogens is 1. The Hall–Kier alpha value is -2.00. The van der Waals surface area contributed by atoms with E-state index in [1.54, 1.807) is 19.0 Å². The highest BCUT2D eigenvalue weighted by Gasteiger charge is 2.35. The molecule has 2 saturated heterocycles. The number of aliphatic carboxylic acids is 1. The molecule has 3 rings (SSSR count). The lowest BCUT2D eigenvalue weighted by atomic mass is 9.87. The van der Waals surface area contributed by atoms with Crippen molar-refractivity contribution in [2.24, 2.45) is 5.92 Å². The number of rotatable bonds is 6. The van der Waals surface area contributed by atoms with E-state index in [4.69, 9.17) is 9.84 Å². The molecular formula is C18H28FN5O3. The van der Waals surface area contributed by atoms with E-state index in [0.29, 0.717) is 25.0 Å². The average Bonchev–Trinajstić information content (AvgIpc) is 2.67. The minimum atomic E-state index is -0.777. The highest BCUT2D eigenvalue weighted by molar-refractivity contribution is 5.66. The first-order valence-corrected chi connectivity index (χ1v) is 9.44. The van der Waals surface area contributed by atoms with Crippen LogP contribution in [-0.4, -0.2) is 85.5 Å². The molecule has 9 heteroatoms. The van der Waals surface area contributed by atoms with Crippen molar-refractivity contribution in [2.75, 3.05) is 63.3 Å². The second-order valence-electron chi connectivity index (χ2n) is 7.38. The van der Waals surface area contributed by atoms with Gasteiger partial charge in [0.1, 0.15) is 0 Å². The highest BCUT2D eigenvalue weighted by atomic mass is 19.1. The molecule has 27 heavy (non-hydrogen) atoms. The molecule has 2 fully saturated rings. The lowest BCUT2D eigenvalue weighted by Gasteiger charge is -2.45. The van der Waals surface area contributed by atoms with Gasteiger partial charge in [-0.2, -0.15) is 4.98 Å². The van der Waals surface area contributed by atoms with E-state index in [-0.39, 0.29) is 18.2 Å². The van der Waals surface area contributed by atoms with Crippen LogP contribution in [0, 0.1) is 11.7 Å². The molecule has 0 aliphatic carbocycles. The van der Waals surface area contributed by atoms with Gasteiger partial charge in [0, 0.05) is 52.7 Å². The Morgan fingerprint density at radius 1 is 1.37 bits per heavy atom. The zero-order valence-corrected chi connectivity index (χ0v) is 16.0. The molecule has 1 aromatic heterocycles. The van der Waals surface area contributed by atoms with Gasteiger partial charge in [-0.3, -0.25) is 9.69 Å². The van der Waals surface area contributed by atoms with Crippen molar-refractivity contribution in [2.45, 2.75) is 25.3 Å². The Kier molecular flexibility index (Phi) is 6.43. The van der Waals surface area contributed by atoms with Gasteiger partial charge in [-0.25, -0.2) is 9.37 Å². The molecule has 8 nitrogen and oxygen atoms in total. The van der Waals surface area contributed by atoms with Crippen molar-refractivity contribution < 1.29 is 19.0 Å². The molecule has 2 atom stereocenters. The summed E-state index contributed by atoms with van der Waals surface area (Å²) in [6.45, 7) is 4.65. The molecule has 2 aliphatic heterocycles.